The van der Waals surface area contributed by atoms with Crippen molar-refractivity contribution in [1.29, 1.82) is 0 Å². The third kappa shape index (κ3) is 3.79. The van der Waals surface area contributed by atoms with E-state index in [1.165, 1.54) is 20.1 Å². The highest BCUT2D eigenvalue weighted by Gasteiger charge is 2.36. The zero-order valence-corrected chi connectivity index (χ0v) is 12.6. The molecular weight excluding hydrogens is 300 g/mol. The topological polar surface area (TPSA) is 86.7 Å². The first-order valence-corrected chi connectivity index (χ1v) is 6.76. The number of cyclic esters (lactones) is 1. The van der Waals surface area contributed by atoms with Crippen LogP contribution in [0.4, 0.5) is 0 Å². The fourth-order valence-corrected chi connectivity index (χ4v) is 2.03. The molecule has 0 saturated carbocycles. The first-order valence-electron chi connectivity index (χ1n) is 6.76. The first-order chi connectivity index (χ1) is 10.9. The van der Waals surface area contributed by atoms with Gasteiger partial charge in [-0.25, -0.2) is 4.79 Å². The standard InChI is InChI=1S/C17H14O6/c1-10-9-14(19)15(17(21)23-10)13(18)8-5-11-3-6-12(7-4-11)16(20)22-2/h3-9,15H,1-2H3/b8-5+. The van der Waals surface area contributed by atoms with Gasteiger partial charge in [0.2, 0.25) is 0 Å². The van der Waals surface area contributed by atoms with Crippen LogP contribution in [0, 0.1) is 5.92 Å². The van der Waals surface area contributed by atoms with Crippen molar-refractivity contribution < 1.29 is 28.7 Å². The van der Waals surface area contributed by atoms with Gasteiger partial charge in [0, 0.05) is 6.08 Å². The molecule has 0 bridgehead atoms. The van der Waals surface area contributed by atoms with Gasteiger partial charge in [-0.2, -0.15) is 0 Å². The number of ketones is 2. The maximum atomic E-state index is 12.0. The molecule has 0 spiro atoms. The molecule has 0 fully saturated rings. The minimum atomic E-state index is -1.45. The SMILES string of the molecule is COC(=O)c1ccc(/C=C/C(=O)C2C(=O)C=C(C)OC2=O)cc1. The summed E-state index contributed by atoms with van der Waals surface area (Å²) >= 11 is 0. The molecule has 1 unspecified atom stereocenters. The molecule has 0 radical (unpaired) electrons. The highest BCUT2D eigenvalue weighted by Crippen LogP contribution is 2.17. The van der Waals surface area contributed by atoms with Gasteiger partial charge in [0.15, 0.2) is 17.5 Å². The summed E-state index contributed by atoms with van der Waals surface area (Å²) in [4.78, 5) is 46.7. The lowest BCUT2D eigenvalue weighted by atomic mass is 9.96. The number of rotatable bonds is 4. The molecule has 6 nitrogen and oxygen atoms in total. The summed E-state index contributed by atoms with van der Waals surface area (Å²) in [5, 5.41) is 0. The number of hydrogen-bond acceptors (Lipinski definition) is 6. The maximum absolute atomic E-state index is 12.0. The lowest BCUT2D eigenvalue weighted by Gasteiger charge is -2.15. The van der Waals surface area contributed by atoms with Gasteiger partial charge in [-0.05, 0) is 30.7 Å². The fourth-order valence-electron chi connectivity index (χ4n) is 2.03. The minimum Gasteiger partial charge on any atom is -0.465 e. The number of carbonyl (C=O) groups is 4. The van der Waals surface area contributed by atoms with Crippen LogP contribution in [-0.4, -0.2) is 30.6 Å². The summed E-state index contributed by atoms with van der Waals surface area (Å²) in [6, 6.07) is 6.31. The van der Waals surface area contributed by atoms with Crippen molar-refractivity contribution in [3.8, 4) is 0 Å². The van der Waals surface area contributed by atoms with Crippen molar-refractivity contribution in [2.24, 2.45) is 5.92 Å². The monoisotopic (exact) mass is 314 g/mol. The molecule has 1 aromatic carbocycles. The smallest absolute Gasteiger partial charge is 0.337 e. The van der Waals surface area contributed by atoms with E-state index in [1.54, 1.807) is 24.3 Å². The van der Waals surface area contributed by atoms with E-state index in [9.17, 15) is 19.2 Å². The molecule has 6 heteroatoms. The van der Waals surface area contributed by atoms with Crippen LogP contribution in [0.5, 0.6) is 0 Å². The Hall–Kier alpha value is -3.02. The zero-order valence-electron chi connectivity index (χ0n) is 12.6. The lowest BCUT2D eigenvalue weighted by Crippen LogP contribution is -2.34. The molecule has 1 aliphatic rings. The lowest BCUT2D eigenvalue weighted by molar-refractivity contribution is -0.151. The Morgan fingerprint density at radius 2 is 1.83 bits per heavy atom. The number of ether oxygens (including phenoxy) is 2. The van der Waals surface area contributed by atoms with Crippen LogP contribution >= 0.6 is 0 Å². The average Bonchev–Trinajstić information content (AvgIpc) is 2.51. The van der Waals surface area contributed by atoms with E-state index < -0.39 is 29.4 Å². The van der Waals surface area contributed by atoms with Gasteiger partial charge in [-0.15, -0.1) is 0 Å². The number of allylic oxidation sites excluding steroid dienone is 3. The Labute approximate surface area is 132 Å². The second-order valence-corrected chi connectivity index (χ2v) is 4.86. The number of esters is 2. The molecule has 2 rings (SSSR count). The van der Waals surface area contributed by atoms with E-state index in [2.05, 4.69) is 4.74 Å². The summed E-state index contributed by atoms with van der Waals surface area (Å²) < 4.78 is 9.37. The van der Waals surface area contributed by atoms with Crippen LogP contribution in [-0.2, 0) is 23.9 Å². The quantitative estimate of drug-likeness (QED) is 0.477. The van der Waals surface area contributed by atoms with Crippen LogP contribution < -0.4 is 0 Å². The maximum Gasteiger partial charge on any atom is 0.337 e. The number of hydrogen-bond donors (Lipinski definition) is 0. The minimum absolute atomic E-state index is 0.173. The molecule has 1 aliphatic heterocycles. The van der Waals surface area contributed by atoms with Gasteiger partial charge in [0.05, 0.1) is 12.7 Å². The summed E-state index contributed by atoms with van der Waals surface area (Å²) in [5.41, 5.74) is 1.01. The molecule has 0 amide bonds. The van der Waals surface area contributed by atoms with E-state index >= 15 is 0 Å². The van der Waals surface area contributed by atoms with Gasteiger partial charge in [-0.1, -0.05) is 18.2 Å². The summed E-state index contributed by atoms with van der Waals surface area (Å²) in [6.07, 6.45) is 3.73. The van der Waals surface area contributed by atoms with Gasteiger partial charge < -0.3 is 9.47 Å². The zero-order chi connectivity index (χ0) is 17.0. The Morgan fingerprint density at radius 1 is 1.17 bits per heavy atom. The Morgan fingerprint density at radius 3 is 2.39 bits per heavy atom. The second kappa shape index (κ2) is 6.83. The molecule has 23 heavy (non-hydrogen) atoms. The van der Waals surface area contributed by atoms with Crippen molar-refractivity contribution in [1.82, 2.24) is 0 Å². The van der Waals surface area contributed by atoms with Crippen LogP contribution in [0.1, 0.15) is 22.8 Å². The highest BCUT2D eigenvalue weighted by atomic mass is 16.5. The molecule has 0 N–H and O–H groups in total. The Kier molecular flexibility index (Phi) is 4.85. The number of benzene rings is 1. The predicted molar refractivity (Wildman–Crippen MR) is 80.2 cm³/mol. The molecule has 118 valence electrons. The van der Waals surface area contributed by atoms with Crippen LogP contribution in [0.15, 0.2) is 42.2 Å². The fraction of sp³-hybridized carbons (Fsp3) is 0.176. The normalized spacial score (nSPS) is 17.7. The van der Waals surface area contributed by atoms with Crippen LogP contribution in [0.3, 0.4) is 0 Å². The highest BCUT2D eigenvalue weighted by molar-refractivity contribution is 6.25. The third-order valence-corrected chi connectivity index (χ3v) is 3.18. The first kappa shape index (κ1) is 16.4. The molecule has 0 aliphatic carbocycles. The van der Waals surface area contributed by atoms with Gasteiger partial charge >= 0.3 is 11.9 Å². The molecule has 1 atom stereocenters. The van der Waals surface area contributed by atoms with E-state index in [1.807, 2.05) is 0 Å². The van der Waals surface area contributed by atoms with E-state index in [4.69, 9.17) is 4.74 Å². The van der Waals surface area contributed by atoms with Crippen LogP contribution in [0.2, 0.25) is 0 Å². The van der Waals surface area contributed by atoms with Crippen molar-refractivity contribution in [3.63, 3.8) is 0 Å². The summed E-state index contributed by atoms with van der Waals surface area (Å²) in [7, 11) is 1.28. The summed E-state index contributed by atoms with van der Waals surface area (Å²) in [5.74, 6) is -3.86. The van der Waals surface area contributed by atoms with Crippen molar-refractivity contribution in [2.75, 3.05) is 7.11 Å². The van der Waals surface area contributed by atoms with Crippen LogP contribution in [0.25, 0.3) is 6.08 Å². The predicted octanol–water partition coefficient (Wildman–Crippen LogP) is 1.70. The number of carbonyl (C=O) groups excluding carboxylic acids is 4. The van der Waals surface area contributed by atoms with Gasteiger partial charge in [-0.3, -0.25) is 14.4 Å². The molecule has 1 heterocycles. The van der Waals surface area contributed by atoms with E-state index in [0.29, 0.717) is 11.1 Å². The molecule has 1 aromatic rings. The Balaban J connectivity index is 2.11. The third-order valence-electron chi connectivity index (χ3n) is 3.18. The second-order valence-electron chi connectivity index (χ2n) is 4.86. The Bertz CT molecular complexity index is 724. The van der Waals surface area contributed by atoms with Gasteiger partial charge in [0.25, 0.3) is 0 Å². The largest absolute Gasteiger partial charge is 0.465 e. The number of methoxy groups -OCH3 is 1. The van der Waals surface area contributed by atoms with E-state index in [0.717, 1.165) is 12.2 Å². The van der Waals surface area contributed by atoms with E-state index in [-0.39, 0.29) is 5.76 Å². The van der Waals surface area contributed by atoms with Crippen molar-refractivity contribution >= 4 is 29.6 Å². The molecular formula is C17H14O6. The van der Waals surface area contributed by atoms with Crippen molar-refractivity contribution in [3.05, 3.63) is 53.3 Å². The van der Waals surface area contributed by atoms with Crippen molar-refractivity contribution in [2.45, 2.75) is 6.92 Å². The molecule has 0 saturated heterocycles. The molecule has 0 aromatic heterocycles. The van der Waals surface area contributed by atoms with Gasteiger partial charge in [0.1, 0.15) is 5.76 Å². The average molecular weight is 314 g/mol. The summed E-state index contributed by atoms with van der Waals surface area (Å²) in [6.45, 7) is 1.47.